The van der Waals surface area contributed by atoms with Gasteiger partial charge in [-0.25, -0.2) is 0 Å². The molecule has 1 aromatic carbocycles. The molecule has 0 N–H and O–H groups in total. The molecule has 1 saturated heterocycles. The van der Waals surface area contributed by atoms with Crippen LogP contribution in [-0.4, -0.2) is 18.9 Å². The van der Waals surface area contributed by atoms with Crippen LogP contribution in [0.3, 0.4) is 0 Å². The molecule has 0 atom stereocenters. The minimum absolute atomic E-state index is 0.164. The molecule has 0 saturated carbocycles. The van der Waals surface area contributed by atoms with Crippen molar-refractivity contribution >= 4 is 11.5 Å². The number of hydrogen-bond donors (Lipinski definition) is 0. The van der Waals surface area contributed by atoms with Gasteiger partial charge < -0.3 is 4.90 Å². The van der Waals surface area contributed by atoms with Crippen LogP contribution in [0.25, 0.3) is 0 Å². The summed E-state index contributed by atoms with van der Waals surface area (Å²) in [7, 11) is 0. The number of hydrogen-bond acceptors (Lipinski definition) is 2. The summed E-state index contributed by atoms with van der Waals surface area (Å²) in [6.45, 7) is 8.42. The first-order chi connectivity index (χ1) is 8.59. The number of benzene rings is 1. The van der Waals surface area contributed by atoms with E-state index in [-0.39, 0.29) is 5.78 Å². The Morgan fingerprint density at radius 1 is 1.22 bits per heavy atom. The maximum absolute atomic E-state index is 11.7. The van der Waals surface area contributed by atoms with E-state index < -0.39 is 0 Å². The van der Waals surface area contributed by atoms with Crippen molar-refractivity contribution < 1.29 is 4.79 Å². The fourth-order valence-electron chi connectivity index (χ4n) is 2.85. The second kappa shape index (κ2) is 5.55. The Bertz CT molecular complexity index is 417. The Balaban J connectivity index is 2.12. The van der Waals surface area contributed by atoms with Crippen LogP contribution in [0.1, 0.15) is 44.0 Å². The maximum atomic E-state index is 11.7. The molecule has 98 valence electrons. The van der Waals surface area contributed by atoms with Gasteiger partial charge in [-0.15, -0.1) is 0 Å². The molecular weight excluding hydrogens is 222 g/mol. The van der Waals surface area contributed by atoms with Gasteiger partial charge in [0.1, 0.15) is 0 Å². The molecule has 2 rings (SSSR count). The molecule has 0 amide bonds. The van der Waals surface area contributed by atoms with E-state index in [1.165, 1.54) is 12.8 Å². The van der Waals surface area contributed by atoms with E-state index in [0.29, 0.717) is 0 Å². The van der Waals surface area contributed by atoms with Gasteiger partial charge in [0.2, 0.25) is 0 Å². The second-order valence-corrected chi connectivity index (χ2v) is 5.64. The fourth-order valence-corrected chi connectivity index (χ4v) is 2.85. The number of ketones is 1. The maximum Gasteiger partial charge on any atom is 0.161 e. The van der Waals surface area contributed by atoms with Crippen LogP contribution in [0.5, 0.6) is 0 Å². The Morgan fingerprint density at radius 3 is 2.39 bits per heavy atom. The molecule has 2 nitrogen and oxygen atoms in total. The van der Waals surface area contributed by atoms with Crippen LogP contribution < -0.4 is 4.90 Å². The summed E-state index contributed by atoms with van der Waals surface area (Å²) in [6.07, 6.45) is 2.48. The molecule has 1 aromatic rings. The molecule has 0 unspecified atom stereocenters. The number of carbonyl (C=O) groups excluding carboxylic acids is 1. The molecule has 1 heterocycles. The van der Waals surface area contributed by atoms with Crippen LogP contribution in [0.4, 0.5) is 5.69 Å². The van der Waals surface area contributed by atoms with Gasteiger partial charge in [0, 0.05) is 24.3 Å². The molecule has 1 aliphatic rings. The molecule has 0 radical (unpaired) electrons. The summed E-state index contributed by atoms with van der Waals surface area (Å²) in [6, 6.07) is 7.98. The van der Waals surface area contributed by atoms with Gasteiger partial charge in [-0.3, -0.25) is 4.79 Å². The second-order valence-electron chi connectivity index (χ2n) is 5.64. The monoisotopic (exact) mass is 245 g/mol. The fraction of sp³-hybridized carbons (Fsp3) is 0.562. The highest BCUT2D eigenvalue weighted by atomic mass is 16.1. The Hall–Kier alpha value is -1.31. The predicted octanol–water partition coefficient (Wildman–Crippen LogP) is 3.76. The number of rotatable bonds is 3. The van der Waals surface area contributed by atoms with Crippen LogP contribution in [-0.2, 0) is 0 Å². The summed E-state index contributed by atoms with van der Waals surface area (Å²) in [4.78, 5) is 14.0. The third kappa shape index (κ3) is 2.74. The lowest BCUT2D eigenvalue weighted by Gasteiger charge is -2.36. The highest BCUT2D eigenvalue weighted by Crippen LogP contribution is 2.29. The van der Waals surface area contributed by atoms with Crippen LogP contribution in [0.2, 0.25) is 0 Å². The molecule has 0 aliphatic carbocycles. The van der Waals surface area contributed by atoms with Gasteiger partial charge in [0.25, 0.3) is 0 Å². The van der Waals surface area contributed by atoms with Crippen molar-refractivity contribution in [2.75, 3.05) is 18.0 Å². The van der Waals surface area contributed by atoms with Crippen molar-refractivity contribution in [3.8, 4) is 0 Å². The predicted molar refractivity (Wildman–Crippen MR) is 76.2 cm³/mol. The van der Waals surface area contributed by atoms with E-state index in [0.717, 1.165) is 36.2 Å². The average Bonchev–Trinajstić information content (AvgIpc) is 2.39. The number of nitrogens with zero attached hydrogens (tertiary/aromatic N) is 1. The molecule has 2 heteroatoms. The minimum atomic E-state index is 0.164. The standard InChI is InChI=1S/C16H23NO/c1-12(2)14-8-10-17(11-9-14)16-7-5-4-6-15(16)13(3)18/h4-7,12,14H,8-11H2,1-3H3. The third-order valence-electron chi connectivity index (χ3n) is 4.11. The molecule has 0 bridgehead atoms. The first kappa shape index (κ1) is 13.1. The van der Waals surface area contributed by atoms with Gasteiger partial charge in [0.15, 0.2) is 5.78 Å². The van der Waals surface area contributed by atoms with Gasteiger partial charge in [-0.1, -0.05) is 26.0 Å². The van der Waals surface area contributed by atoms with E-state index in [1.54, 1.807) is 6.92 Å². The van der Waals surface area contributed by atoms with Crippen LogP contribution in [0, 0.1) is 11.8 Å². The van der Waals surface area contributed by atoms with Crippen molar-refractivity contribution in [3.63, 3.8) is 0 Å². The number of anilines is 1. The molecule has 0 spiro atoms. The Kier molecular flexibility index (Phi) is 4.05. The minimum Gasteiger partial charge on any atom is -0.371 e. The lowest BCUT2D eigenvalue weighted by Crippen LogP contribution is -2.36. The zero-order chi connectivity index (χ0) is 13.1. The highest BCUT2D eigenvalue weighted by Gasteiger charge is 2.23. The lowest BCUT2D eigenvalue weighted by molar-refractivity contribution is 0.101. The van der Waals surface area contributed by atoms with Crippen LogP contribution in [0.15, 0.2) is 24.3 Å². The average molecular weight is 245 g/mol. The first-order valence-corrected chi connectivity index (χ1v) is 6.94. The first-order valence-electron chi connectivity index (χ1n) is 6.94. The summed E-state index contributed by atoms with van der Waals surface area (Å²) >= 11 is 0. The molecule has 18 heavy (non-hydrogen) atoms. The third-order valence-corrected chi connectivity index (χ3v) is 4.11. The summed E-state index contributed by atoms with van der Waals surface area (Å²) in [5, 5.41) is 0. The number of piperidine rings is 1. The molecule has 1 aliphatic heterocycles. The summed E-state index contributed by atoms with van der Waals surface area (Å²) in [5.41, 5.74) is 1.98. The van der Waals surface area contributed by atoms with Crippen molar-refractivity contribution in [1.29, 1.82) is 0 Å². The zero-order valence-electron chi connectivity index (χ0n) is 11.6. The highest BCUT2D eigenvalue weighted by molar-refractivity contribution is 5.99. The number of para-hydroxylation sites is 1. The van der Waals surface area contributed by atoms with E-state index in [4.69, 9.17) is 0 Å². The van der Waals surface area contributed by atoms with Crippen molar-refractivity contribution in [3.05, 3.63) is 29.8 Å². The quantitative estimate of drug-likeness (QED) is 0.756. The smallest absolute Gasteiger partial charge is 0.161 e. The van der Waals surface area contributed by atoms with Crippen LogP contribution >= 0.6 is 0 Å². The topological polar surface area (TPSA) is 20.3 Å². The van der Waals surface area contributed by atoms with Crippen molar-refractivity contribution in [1.82, 2.24) is 0 Å². The Morgan fingerprint density at radius 2 is 1.83 bits per heavy atom. The summed E-state index contributed by atoms with van der Waals surface area (Å²) < 4.78 is 0. The van der Waals surface area contributed by atoms with E-state index in [2.05, 4.69) is 24.8 Å². The normalized spacial score (nSPS) is 17.2. The van der Waals surface area contributed by atoms with E-state index in [9.17, 15) is 4.79 Å². The molecule has 1 fully saturated rings. The largest absolute Gasteiger partial charge is 0.371 e. The number of Topliss-reactive ketones (excluding diaryl/α,β-unsaturated/α-hetero) is 1. The Labute approximate surface area is 110 Å². The number of carbonyl (C=O) groups is 1. The van der Waals surface area contributed by atoms with Gasteiger partial charge in [0.05, 0.1) is 0 Å². The van der Waals surface area contributed by atoms with Gasteiger partial charge in [-0.05, 0) is 43.7 Å². The van der Waals surface area contributed by atoms with Gasteiger partial charge in [-0.2, -0.15) is 0 Å². The van der Waals surface area contributed by atoms with Crippen molar-refractivity contribution in [2.45, 2.75) is 33.6 Å². The molecular formula is C16H23NO. The lowest BCUT2D eigenvalue weighted by atomic mass is 9.86. The summed E-state index contributed by atoms with van der Waals surface area (Å²) in [5.74, 6) is 1.78. The molecule has 0 aromatic heterocycles. The van der Waals surface area contributed by atoms with E-state index in [1.807, 2.05) is 18.2 Å². The van der Waals surface area contributed by atoms with E-state index >= 15 is 0 Å². The SMILES string of the molecule is CC(=O)c1ccccc1N1CCC(C(C)C)CC1. The van der Waals surface area contributed by atoms with Gasteiger partial charge >= 0.3 is 0 Å². The van der Waals surface area contributed by atoms with Crippen molar-refractivity contribution in [2.24, 2.45) is 11.8 Å². The zero-order valence-corrected chi connectivity index (χ0v) is 11.6.